The molecule has 0 radical (unpaired) electrons. The lowest BCUT2D eigenvalue weighted by molar-refractivity contribution is -0.133. The standard InChI is InChI=1S/C28H31N5O5/c1-4-38-21-13-9-19(10-14-21)31-25(34)23-24-26(35)33(20-11-12-20)28(2,16-32(24)17-30-23)27(36)29-15-18-7-5-6-8-22(18)37-3/h5-10,13-14,17,20H,4,11-12,15-16H2,1-3H3,(H,29,36)(H,31,34)/t28-/m0/s1. The molecule has 5 rings (SSSR count). The van der Waals surface area contributed by atoms with E-state index in [1.165, 1.54) is 6.33 Å². The number of rotatable bonds is 9. The molecule has 0 spiro atoms. The summed E-state index contributed by atoms with van der Waals surface area (Å²) < 4.78 is 12.4. The number of imidazole rings is 1. The normalized spacial score (nSPS) is 18.5. The number of anilines is 1. The van der Waals surface area contributed by atoms with Gasteiger partial charge in [0, 0.05) is 23.8 Å². The van der Waals surface area contributed by atoms with Gasteiger partial charge in [-0.05, 0) is 57.0 Å². The van der Waals surface area contributed by atoms with Crippen molar-refractivity contribution in [2.45, 2.75) is 51.4 Å². The van der Waals surface area contributed by atoms with E-state index in [1.54, 1.807) is 47.8 Å². The van der Waals surface area contributed by atoms with E-state index in [4.69, 9.17) is 9.47 Å². The lowest BCUT2D eigenvalue weighted by Crippen LogP contribution is -2.64. The number of amides is 3. The van der Waals surface area contributed by atoms with Gasteiger partial charge < -0.3 is 29.6 Å². The van der Waals surface area contributed by atoms with E-state index in [0.29, 0.717) is 23.8 Å². The Bertz CT molecular complexity index is 1360. The van der Waals surface area contributed by atoms with Crippen LogP contribution in [-0.2, 0) is 17.9 Å². The van der Waals surface area contributed by atoms with E-state index >= 15 is 0 Å². The number of carbonyl (C=O) groups excluding carboxylic acids is 3. The Morgan fingerprint density at radius 2 is 1.87 bits per heavy atom. The smallest absolute Gasteiger partial charge is 0.276 e. The average molecular weight is 518 g/mol. The van der Waals surface area contributed by atoms with Crippen LogP contribution >= 0.6 is 0 Å². The third-order valence-corrected chi connectivity index (χ3v) is 6.94. The van der Waals surface area contributed by atoms with Gasteiger partial charge in [-0.15, -0.1) is 0 Å². The van der Waals surface area contributed by atoms with Crippen LogP contribution in [-0.4, -0.2) is 57.5 Å². The number of benzene rings is 2. The summed E-state index contributed by atoms with van der Waals surface area (Å²) in [6.07, 6.45) is 3.07. The molecule has 2 aromatic carbocycles. The molecule has 1 atom stereocenters. The quantitative estimate of drug-likeness (QED) is 0.450. The minimum Gasteiger partial charge on any atom is -0.496 e. The van der Waals surface area contributed by atoms with Crippen LogP contribution in [0.15, 0.2) is 54.9 Å². The predicted molar refractivity (Wildman–Crippen MR) is 140 cm³/mol. The van der Waals surface area contributed by atoms with Crippen LogP contribution in [0.5, 0.6) is 11.5 Å². The zero-order valence-corrected chi connectivity index (χ0v) is 21.7. The Balaban J connectivity index is 1.37. The highest BCUT2D eigenvalue weighted by Crippen LogP contribution is 2.39. The Morgan fingerprint density at radius 3 is 2.55 bits per heavy atom. The molecule has 1 aliphatic heterocycles. The molecule has 38 heavy (non-hydrogen) atoms. The molecule has 1 aliphatic carbocycles. The molecule has 0 bridgehead atoms. The summed E-state index contributed by atoms with van der Waals surface area (Å²) in [7, 11) is 1.58. The third-order valence-electron chi connectivity index (χ3n) is 6.94. The van der Waals surface area contributed by atoms with Crippen LogP contribution < -0.4 is 20.1 Å². The fraction of sp³-hybridized carbons (Fsp3) is 0.357. The summed E-state index contributed by atoms with van der Waals surface area (Å²) in [6, 6.07) is 14.4. The summed E-state index contributed by atoms with van der Waals surface area (Å²) in [5.74, 6) is 0.239. The topological polar surface area (TPSA) is 115 Å². The molecule has 1 aromatic heterocycles. The van der Waals surface area contributed by atoms with Gasteiger partial charge in [0.2, 0.25) is 5.91 Å². The number of aromatic nitrogens is 2. The largest absolute Gasteiger partial charge is 0.496 e. The molecule has 10 nitrogen and oxygen atoms in total. The first-order chi connectivity index (χ1) is 18.4. The first-order valence-electron chi connectivity index (χ1n) is 12.7. The van der Waals surface area contributed by atoms with Gasteiger partial charge in [-0.3, -0.25) is 14.4 Å². The Morgan fingerprint density at radius 1 is 1.13 bits per heavy atom. The van der Waals surface area contributed by atoms with E-state index in [-0.39, 0.29) is 42.3 Å². The molecule has 1 saturated carbocycles. The van der Waals surface area contributed by atoms with E-state index in [9.17, 15) is 14.4 Å². The van der Waals surface area contributed by atoms with Crippen LogP contribution in [0.1, 0.15) is 53.2 Å². The molecule has 3 aromatic rings. The number of methoxy groups -OCH3 is 1. The van der Waals surface area contributed by atoms with Crippen molar-refractivity contribution < 1.29 is 23.9 Å². The van der Waals surface area contributed by atoms with Crippen LogP contribution in [0, 0.1) is 0 Å². The number of ether oxygens (including phenoxy) is 2. The van der Waals surface area contributed by atoms with Crippen LogP contribution in [0.2, 0.25) is 0 Å². The number of para-hydroxylation sites is 1. The van der Waals surface area contributed by atoms with Crippen molar-refractivity contribution in [3.63, 3.8) is 0 Å². The molecule has 198 valence electrons. The second kappa shape index (κ2) is 10.2. The lowest BCUT2D eigenvalue weighted by atomic mass is 9.93. The van der Waals surface area contributed by atoms with Gasteiger partial charge in [0.05, 0.1) is 26.6 Å². The summed E-state index contributed by atoms with van der Waals surface area (Å²) in [5.41, 5.74) is 0.477. The molecule has 1 fully saturated rings. The number of nitrogens with one attached hydrogen (secondary N) is 2. The number of carbonyl (C=O) groups is 3. The van der Waals surface area contributed by atoms with Crippen molar-refractivity contribution in [3.8, 4) is 11.5 Å². The van der Waals surface area contributed by atoms with Crippen LogP contribution in [0.3, 0.4) is 0 Å². The van der Waals surface area contributed by atoms with Crippen molar-refractivity contribution in [3.05, 3.63) is 71.8 Å². The Kier molecular flexibility index (Phi) is 6.79. The number of nitrogens with zero attached hydrogens (tertiary/aromatic N) is 3. The van der Waals surface area contributed by atoms with Crippen molar-refractivity contribution >= 4 is 23.4 Å². The zero-order chi connectivity index (χ0) is 26.9. The molecular weight excluding hydrogens is 486 g/mol. The fourth-order valence-corrected chi connectivity index (χ4v) is 4.93. The minimum absolute atomic E-state index is 0.0333. The number of hydrogen-bond acceptors (Lipinski definition) is 6. The van der Waals surface area contributed by atoms with E-state index in [1.807, 2.05) is 31.2 Å². The highest BCUT2D eigenvalue weighted by molar-refractivity contribution is 6.11. The monoisotopic (exact) mass is 517 g/mol. The van der Waals surface area contributed by atoms with Gasteiger partial charge in [-0.25, -0.2) is 4.98 Å². The second-order valence-electron chi connectivity index (χ2n) is 9.66. The third kappa shape index (κ3) is 4.69. The van der Waals surface area contributed by atoms with Gasteiger partial charge in [-0.2, -0.15) is 0 Å². The first-order valence-corrected chi connectivity index (χ1v) is 12.7. The SMILES string of the molecule is CCOc1ccc(NC(=O)c2ncn3c2C(=O)N(C2CC2)[C@](C)(C(=O)NCc2ccccc2OC)C3)cc1. The Labute approximate surface area is 220 Å². The molecule has 2 heterocycles. The summed E-state index contributed by atoms with van der Waals surface area (Å²) in [5, 5.41) is 5.79. The highest BCUT2D eigenvalue weighted by Gasteiger charge is 2.53. The molecule has 2 aliphatic rings. The molecule has 0 unspecified atom stereocenters. The fourth-order valence-electron chi connectivity index (χ4n) is 4.93. The van der Waals surface area contributed by atoms with Crippen molar-refractivity contribution in [1.82, 2.24) is 19.8 Å². The van der Waals surface area contributed by atoms with E-state index in [0.717, 1.165) is 18.4 Å². The minimum atomic E-state index is -1.14. The average Bonchev–Trinajstić information content (AvgIpc) is 3.66. The maximum Gasteiger partial charge on any atom is 0.276 e. The van der Waals surface area contributed by atoms with Gasteiger partial charge >= 0.3 is 0 Å². The number of fused-ring (bicyclic) bond motifs is 1. The van der Waals surface area contributed by atoms with Crippen molar-refractivity contribution in [2.24, 2.45) is 0 Å². The van der Waals surface area contributed by atoms with E-state index < -0.39 is 11.4 Å². The Hall–Kier alpha value is -4.34. The van der Waals surface area contributed by atoms with Gasteiger partial charge in [0.25, 0.3) is 11.8 Å². The predicted octanol–water partition coefficient (Wildman–Crippen LogP) is 3.24. The van der Waals surface area contributed by atoms with Crippen molar-refractivity contribution in [2.75, 3.05) is 19.0 Å². The van der Waals surface area contributed by atoms with Crippen LogP contribution in [0.25, 0.3) is 0 Å². The molecule has 2 N–H and O–H groups in total. The summed E-state index contributed by atoms with van der Waals surface area (Å²) in [4.78, 5) is 46.4. The number of hydrogen-bond donors (Lipinski definition) is 2. The van der Waals surface area contributed by atoms with Crippen molar-refractivity contribution in [1.29, 1.82) is 0 Å². The molecule has 0 saturated heterocycles. The molecule has 10 heteroatoms. The van der Waals surface area contributed by atoms with Gasteiger partial charge in [0.15, 0.2) is 5.69 Å². The van der Waals surface area contributed by atoms with E-state index in [2.05, 4.69) is 15.6 Å². The van der Waals surface area contributed by atoms with Gasteiger partial charge in [0.1, 0.15) is 22.7 Å². The molecular formula is C28H31N5O5. The maximum absolute atomic E-state index is 13.8. The maximum atomic E-state index is 13.8. The summed E-state index contributed by atoms with van der Waals surface area (Å²) in [6.45, 7) is 4.66. The zero-order valence-electron chi connectivity index (χ0n) is 21.7. The van der Waals surface area contributed by atoms with Gasteiger partial charge in [-0.1, -0.05) is 18.2 Å². The highest BCUT2D eigenvalue weighted by atomic mass is 16.5. The second-order valence-corrected chi connectivity index (χ2v) is 9.66. The summed E-state index contributed by atoms with van der Waals surface area (Å²) >= 11 is 0. The van der Waals surface area contributed by atoms with Crippen LogP contribution in [0.4, 0.5) is 5.69 Å². The molecule has 3 amide bonds. The lowest BCUT2D eigenvalue weighted by Gasteiger charge is -2.44. The first kappa shape index (κ1) is 25.3.